The third kappa shape index (κ3) is 3.96. The second-order valence-corrected chi connectivity index (χ2v) is 9.90. The zero-order chi connectivity index (χ0) is 20.6. The number of amides is 2. The van der Waals surface area contributed by atoms with Crippen LogP contribution in [-0.2, 0) is 14.8 Å². The van der Waals surface area contributed by atoms with Crippen molar-refractivity contribution in [2.24, 2.45) is 5.92 Å². The number of carbonyl (C=O) groups excluding carboxylic acids is 2. The minimum Gasteiger partial charge on any atom is -0.379 e. The fraction of sp³-hybridized carbons (Fsp3) is 0.600. The summed E-state index contributed by atoms with van der Waals surface area (Å²) in [5.41, 5.74) is 0.428. The van der Waals surface area contributed by atoms with Gasteiger partial charge in [-0.05, 0) is 49.9 Å². The molecule has 0 radical (unpaired) electrons. The van der Waals surface area contributed by atoms with Crippen molar-refractivity contribution in [3.05, 3.63) is 29.3 Å². The summed E-state index contributed by atoms with van der Waals surface area (Å²) in [6, 6.07) is 4.23. The molecule has 2 amide bonds. The third-order valence-electron chi connectivity index (χ3n) is 6.23. The van der Waals surface area contributed by atoms with E-state index < -0.39 is 21.8 Å². The Kier molecular flexibility index (Phi) is 5.74. The maximum absolute atomic E-state index is 13.1. The lowest BCUT2D eigenvalue weighted by atomic mass is 9.94. The first-order valence-electron chi connectivity index (χ1n) is 10.1. The predicted molar refractivity (Wildman–Crippen MR) is 106 cm³/mol. The third-order valence-corrected chi connectivity index (χ3v) is 8.12. The van der Waals surface area contributed by atoms with E-state index in [-0.39, 0.29) is 16.0 Å². The van der Waals surface area contributed by atoms with Gasteiger partial charge in [-0.3, -0.25) is 19.4 Å². The molecule has 0 aromatic heterocycles. The molecule has 3 heterocycles. The molecule has 0 aliphatic carbocycles. The molecule has 1 aromatic carbocycles. The Morgan fingerprint density at radius 2 is 1.66 bits per heavy atom. The van der Waals surface area contributed by atoms with Crippen molar-refractivity contribution in [3.63, 3.8) is 0 Å². The van der Waals surface area contributed by atoms with Crippen LogP contribution in [0.5, 0.6) is 0 Å². The second-order valence-electron chi connectivity index (χ2n) is 7.97. The van der Waals surface area contributed by atoms with Crippen LogP contribution in [0.1, 0.15) is 40.0 Å². The molecule has 0 atom stereocenters. The van der Waals surface area contributed by atoms with Crippen molar-refractivity contribution in [2.75, 3.05) is 53.0 Å². The summed E-state index contributed by atoms with van der Waals surface area (Å²) in [6.45, 7) is 5.54. The number of imide groups is 1. The lowest BCUT2D eigenvalue weighted by Crippen LogP contribution is -2.40. The molecule has 29 heavy (non-hydrogen) atoms. The molecule has 3 aliphatic rings. The van der Waals surface area contributed by atoms with Crippen LogP contribution in [-0.4, -0.2) is 87.3 Å². The summed E-state index contributed by atoms with van der Waals surface area (Å²) >= 11 is 0. The van der Waals surface area contributed by atoms with Crippen LogP contribution < -0.4 is 0 Å². The zero-order valence-corrected chi connectivity index (χ0v) is 17.5. The molecular weight excluding hydrogens is 394 g/mol. The van der Waals surface area contributed by atoms with Gasteiger partial charge in [0.15, 0.2) is 0 Å². The highest BCUT2D eigenvalue weighted by Gasteiger charge is 2.36. The average molecular weight is 422 g/mol. The molecule has 4 rings (SSSR count). The number of hydrogen-bond acceptors (Lipinski definition) is 6. The van der Waals surface area contributed by atoms with Crippen LogP contribution in [0.25, 0.3) is 0 Å². The molecule has 0 bridgehead atoms. The summed E-state index contributed by atoms with van der Waals surface area (Å²) in [5.74, 6) is -0.323. The van der Waals surface area contributed by atoms with E-state index in [4.69, 9.17) is 4.74 Å². The standard InChI is InChI=1S/C20H27N3O5S/c1-21-19(24)17-3-2-16(14-18(17)20(21)25)29(26,27)23-8-5-15(6-9-23)4-7-22-10-12-28-13-11-22/h2-3,14-15H,4-13H2,1H3. The van der Waals surface area contributed by atoms with Crippen molar-refractivity contribution >= 4 is 21.8 Å². The predicted octanol–water partition coefficient (Wildman–Crippen LogP) is 1.04. The lowest BCUT2D eigenvalue weighted by Gasteiger charge is -2.33. The van der Waals surface area contributed by atoms with E-state index in [1.165, 1.54) is 29.6 Å². The highest BCUT2D eigenvalue weighted by molar-refractivity contribution is 7.89. The number of benzene rings is 1. The Labute approximate surface area is 171 Å². The maximum Gasteiger partial charge on any atom is 0.261 e. The van der Waals surface area contributed by atoms with Crippen LogP contribution in [0.2, 0.25) is 0 Å². The zero-order valence-electron chi connectivity index (χ0n) is 16.7. The Morgan fingerprint density at radius 1 is 1.00 bits per heavy atom. The number of piperidine rings is 1. The van der Waals surface area contributed by atoms with E-state index in [0.717, 1.165) is 57.0 Å². The Balaban J connectivity index is 1.38. The summed E-state index contributed by atoms with van der Waals surface area (Å²) < 4.78 is 33.0. The van der Waals surface area contributed by atoms with Crippen LogP contribution >= 0.6 is 0 Å². The van der Waals surface area contributed by atoms with Gasteiger partial charge in [0.05, 0.1) is 29.2 Å². The average Bonchev–Trinajstić information content (AvgIpc) is 2.97. The van der Waals surface area contributed by atoms with Crippen LogP contribution in [0.15, 0.2) is 23.1 Å². The van der Waals surface area contributed by atoms with E-state index >= 15 is 0 Å². The molecule has 3 aliphatic heterocycles. The van der Waals surface area contributed by atoms with Crippen molar-refractivity contribution in [2.45, 2.75) is 24.2 Å². The van der Waals surface area contributed by atoms with Crippen molar-refractivity contribution < 1.29 is 22.7 Å². The summed E-state index contributed by atoms with van der Waals surface area (Å²) in [5, 5.41) is 0. The van der Waals surface area contributed by atoms with Crippen LogP contribution in [0, 0.1) is 5.92 Å². The summed E-state index contributed by atoms with van der Waals surface area (Å²) in [6.07, 6.45) is 2.76. The van der Waals surface area contributed by atoms with Gasteiger partial charge in [0, 0.05) is 33.2 Å². The Hall–Kier alpha value is -1.81. The van der Waals surface area contributed by atoms with E-state index in [1.807, 2.05) is 0 Å². The highest BCUT2D eigenvalue weighted by Crippen LogP contribution is 2.29. The number of nitrogens with zero attached hydrogens (tertiary/aromatic N) is 3. The lowest BCUT2D eigenvalue weighted by molar-refractivity contribution is 0.0343. The van der Waals surface area contributed by atoms with E-state index in [2.05, 4.69) is 4.90 Å². The van der Waals surface area contributed by atoms with Gasteiger partial charge in [-0.25, -0.2) is 8.42 Å². The van der Waals surface area contributed by atoms with Gasteiger partial charge in [-0.15, -0.1) is 0 Å². The minimum atomic E-state index is -3.68. The molecule has 158 valence electrons. The number of hydrogen-bond donors (Lipinski definition) is 0. The van der Waals surface area contributed by atoms with Crippen molar-refractivity contribution in [3.8, 4) is 0 Å². The molecule has 9 heteroatoms. The number of ether oxygens (including phenoxy) is 1. The molecule has 2 fully saturated rings. The number of fused-ring (bicyclic) bond motifs is 1. The molecule has 1 aromatic rings. The molecular formula is C20H27N3O5S. The molecule has 8 nitrogen and oxygen atoms in total. The van der Waals surface area contributed by atoms with E-state index in [0.29, 0.717) is 19.0 Å². The van der Waals surface area contributed by atoms with Gasteiger partial charge in [0.2, 0.25) is 10.0 Å². The van der Waals surface area contributed by atoms with Crippen molar-refractivity contribution in [1.29, 1.82) is 0 Å². The first-order valence-corrected chi connectivity index (χ1v) is 11.6. The number of carbonyl (C=O) groups is 2. The second kappa shape index (κ2) is 8.14. The number of morpholine rings is 1. The maximum atomic E-state index is 13.1. The molecule has 0 saturated carbocycles. The fourth-order valence-electron chi connectivity index (χ4n) is 4.28. The Bertz CT molecular complexity index is 903. The molecule has 0 unspecified atom stereocenters. The SMILES string of the molecule is CN1C(=O)c2ccc(S(=O)(=O)N3CCC(CCN4CCOCC4)CC3)cc2C1=O. The number of rotatable bonds is 5. The topological polar surface area (TPSA) is 87.2 Å². The fourth-order valence-corrected chi connectivity index (χ4v) is 5.77. The minimum absolute atomic E-state index is 0.0828. The largest absolute Gasteiger partial charge is 0.379 e. The highest BCUT2D eigenvalue weighted by atomic mass is 32.2. The van der Waals surface area contributed by atoms with Crippen LogP contribution in [0.4, 0.5) is 0 Å². The van der Waals surface area contributed by atoms with Gasteiger partial charge in [0.25, 0.3) is 11.8 Å². The first-order chi connectivity index (χ1) is 13.9. The van der Waals surface area contributed by atoms with Gasteiger partial charge in [-0.2, -0.15) is 4.31 Å². The monoisotopic (exact) mass is 421 g/mol. The summed E-state index contributed by atoms with van der Waals surface area (Å²) in [4.78, 5) is 27.7. The van der Waals surface area contributed by atoms with Gasteiger partial charge in [0.1, 0.15) is 0 Å². The molecule has 0 spiro atoms. The van der Waals surface area contributed by atoms with Crippen molar-refractivity contribution in [1.82, 2.24) is 14.1 Å². The molecule has 0 N–H and O–H groups in total. The van der Waals surface area contributed by atoms with E-state index in [1.54, 1.807) is 0 Å². The van der Waals surface area contributed by atoms with Gasteiger partial charge >= 0.3 is 0 Å². The smallest absolute Gasteiger partial charge is 0.261 e. The van der Waals surface area contributed by atoms with Crippen LogP contribution in [0.3, 0.4) is 0 Å². The molecule has 2 saturated heterocycles. The van der Waals surface area contributed by atoms with E-state index in [9.17, 15) is 18.0 Å². The first kappa shape index (κ1) is 20.5. The summed E-state index contributed by atoms with van der Waals surface area (Å²) in [7, 11) is -2.27. The Morgan fingerprint density at radius 3 is 2.34 bits per heavy atom. The van der Waals surface area contributed by atoms with Gasteiger partial charge in [-0.1, -0.05) is 0 Å². The number of sulfonamides is 1. The normalized spacial score (nSPS) is 22.3. The van der Waals surface area contributed by atoms with Gasteiger partial charge < -0.3 is 4.74 Å². The quantitative estimate of drug-likeness (QED) is 0.660.